The molecule has 0 spiro atoms. The topological polar surface area (TPSA) is 46.3 Å². The zero-order valence-corrected chi connectivity index (χ0v) is 12.0. The number of hydrogen-bond acceptors (Lipinski definition) is 4. The second-order valence-electron chi connectivity index (χ2n) is 4.78. The van der Waals surface area contributed by atoms with E-state index in [4.69, 9.17) is 0 Å². The van der Waals surface area contributed by atoms with Gasteiger partial charge in [0.2, 0.25) is 5.65 Å². The highest BCUT2D eigenvalue weighted by molar-refractivity contribution is 9.09. The van der Waals surface area contributed by atoms with Crippen LogP contribution in [0.15, 0.2) is 12.4 Å². The number of piperidine rings is 1. The van der Waals surface area contributed by atoms with Crippen LogP contribution in [0.4, 0.5) is 5.82 Å². The van der Waals surface area contributed by atoms with E-state index in [1.165, 1.54) is 12.8 Å². The van der Waals surface area contributed by atoms with Crippen LogP contribution < -0.4 is 4.90 Å². The van der Waals surface area contributed by atoms with Gasteiger partial charge < -0.3 is 4.90 Å². The normalized spacial score (nSPS) is 17.6. The summed E-state index contributed by atoms with van der Waals surface area (Å²) in [5, 5.41) is 9.45. The summed E-state index contributed by atoms with van der Waals surface area (Å²) in [4.78, 5) is 6.81. The lowest BCUT2D eigenvalue weighted by atomic mass is 9.99. The maximum absolute atomic E-state index is 4.49. The van der Waals surface area contributed by atoms with Crippen LogP contribution in [-0.4, -0.2) is 38.0 Å². The summed E-state index contributed by atoms with van der Waals surface area (Å²) in [5.74, 6) is 2.66. The zero-order chi connectivity index (χ0) is 12.5. The van der Waals surface area contributed by atoms with Gasteiger partial charge in [0, 0.05) is 30.8 Å². The molecule has 0 atom stereocenters. The van der Waals surface area contributed by atoms with Gasteiger partial charge in [0.05, 0.1) is 0 Å². The van der Waals surface area contributed by atoms with Crippen molar-refractivity contribution in [1.82, 2.24) is 19.6 Å². The van der Waals surface area contributed by atoms with Gasteiger partial charge in [-0.2, -0.15) is 0 Å². The van der Waals surface area contributed by atoms with Crippen molar-refractivity contribution in [3.63, 3.8) is 0 Å². The molecule has 0 unspecified atom stereocenters. The second kappa shape index (κ2) is 4.84. The van der Waals surface area contributed by atoms with Crippen LogP contribution in [0.25, 0.3) is 5.65 Å². The van der Waals surface area contributed by atoms with E-state index in [9.17, 15) is 0 Å². The fraction of sp³-hybridized carbons (Fsp3) is 0.583. The van der Waals surface area contributed by atoms with Crippen LogP contribution in [0.1, 0.15) is 18.7 Å². The molecule has 1 aliphatic rings. The standard InChI is InChI=1S/C12H16BrN5/c1-9-15-16-12-11(14-4-7-18(9)12)17-5-2-10(8-13)3-6-17/h4,7,10H,2-3,5-6,8H2,1H3. The Morgan fingerprint density at radius 3 is 2.83 bits per heavy atom. The SMILES string of the molecule is Cc1nnc2c(N3CCC(CBr)CC3)nccn12. The summed E-state index contributed by atoms with van der Waals surface area (Å²) < 4.78 is 2.00. The maximum Gasteiger partial charge on any atom is 0.203 e. The molecule has 96 valence electrons. The Bertz CT molecular complexity index is 544. The van der Waals surface area contributed by atoms with Gasteiger partial charge in [-0.15, -0.1) is 10.2 Å². The Balaban J connectivity index is 1.91. The summed E-state index contributed by atoms with van der Waals surface area (Å²) in [6.45, 7) is 4.06. The molecule has 2 aromatic heterocycles. The Morgan fingerprint density at radius 2 is 2.11 bits per heavy atom. The van der Waals surface area contributed by atoms with Crippen molar-refractivity contribution in [2.24, 2.45) is 5.92 Å². The predicted molar refractivity (Wildman–Crippen MR) is 74.3 cm³/mol. The first-order valence-electron chi connectivity index (χ1n) is 6.27. The molecule has 3 rings (SSSR count). The van der Waals surface area contributed by atoms with Crippen LogP contribution >= 0.6 is 15.9 Å². The molecule has 1 aliphatic heterocycles. The second-order valence-corrected chi connectivity index (χ2v) is 5.42. The Morgan fingerprint density at radius 1 is 1.33 bits per heavy atom. The largest absolute Gasteiger partial charge is 0.353 e. The molecule has 0 aromatic carbocycles. The van der Waals surface area contributed by atoms with E-state index >= 15 is 0 Å². The summed E-state index contributed by atoms with van der Waals surface area (Å²) >= 11 is 3.57. The molecule has 2 aromatic rings. The minimum atomic E-state index is 0.792. The van der Waals surface area contributed by atoms with Crippen molar-refractivity contribution in [3.05, 3.63) is 18.2 Å². The Hall–Kier alpha value is -1.17. The van der Waals surface area contributed by atoms with Gasteiger partial charge in [-0.3, -0.25) is 4.40 Å². The lowest BCUT2D eigenvalue weighted by Gasteiger charge is -2.31. The Kier molecular flexibility index (Phi) is 3.20. The smallest absolute Gasteiger partial charge is 0.203 e. The highest BCUT2D eigenvalue weighted by atomic mass is 79.9. The molecule has 0 bridgehead atoms. The van der Waals surface area contributed by atoms with Crippen LogP contribution in [-0.2, 0) is 0 Å². The van der Waals surface area contributed by atoms with Gasteiger partial charge in [-0.25, -0.2) is 4.98 Å². The molecular weight excluding hydrogens is 294 g/mol. The average Bonchev–Trinajstić information content (AvgIpc) is 2.81. The number of nitrogens with zero attached hydrogens (tertiary/aromatic N) is 5. The molecule has 1 saturated heterocycles. The maximum atomic E-state index is 4.49. The predicted octanol–water partition coefficient (Wildman–Crippen LogP) is 2.04. The molecule has 0 amide bonds. The molecular formula is C12H16BrN5. The van der Waals surface area contributed by atoms with Crippen molar-refractivity contribution in [2.75, 3.05) is 23.3 Å². The first-order chi connectivity index (χ1) is 8.79. The fourth-order valence-electron chi connectivity index (χ4n) is 2.45. The van der Waals surface area contributed by atoms with E-state index in [0.717, 1.165) is 41.6 Å². The van der Waals surface area contributed by atoms with Gasteiger partial charge in [0.15, 0.2) is 5.82 Å². The molecule has 1 fully saturated rings. The van der Waals surface area contributed by atoms with Gasteiger partial charge in [0.1, 0.15) is 5.82 Å². The van der Waals surface area contributed by atoms with Crippen molar-refractivity contribution in [3.8, 4) is 0 Å². The number of aromatic nitrogens is 4. The van der Waals surface area contributed by atoms with Gasteiger partial charge >= 0.3 is 0 Å². The van der Waals surface area contributed by atoms with Crippen molar-refractivity contribution in [1.29, 1.82) is 0 Å². The van der Waals surface area contributed by atoms with E-state index in [2.05, 4.69) is 36.0 Å². The molecule has 18 heavy (non-hydrogen) atoms. The molecule has 0 aliphatic carbocycles. The van der Waals surface area contributed by atoms with Crippen LogP contribution in [0.5, 0.6) is 0 Å². The third-order valence-electron chi connectivity index (χ3n) is 3.61. The number of hydrogen-bond donors (Lipinski definition) is 0. The highest BCUT2D eigenvalue weighted by Crippen LogP contribution is 2.25. The van der Waals surface area contributed by atoms with Crippen molar-refractivity contribution < 1.29 is 0 Å². The van der Waals surface area contributed by atoms with Gasteiger partial charge in [-0.05, 0) is 25.7 Å². The van der Waals surface area contributed by atoms with Gasteiger partial charge in [-0.1, -0.05) is 15.9 Å². The lowest BCUT2D eigenvalue weighted by Crippen LogP contribution is -2.35. The summed E-state index contributed by atoms with van der Waals surface area (Å²) in [6.07, 6.45) is 6.16. The fourth-order valence-corrected chi connectivity index (χ4v) is 3.10. The minimum absolute atomic E-state index is 0.792. The number of anilines is 1. The highest BCUT2D eigenvalue weighted by Gasteiger charge is 2.21. The third-order valence-corrected chi connectivity index (χ3v) is 4.53. The monoisotopic (exact) mass is 309 g/mol. The molecule has 3 heterocycles. The van der Waals surface area contributed by atoms with Crippen LogP contribution in [0.3, 0.4) is 0 Å². The number of halogens is 1. The van der Waals surface area contributed by atoms with E-state index in [0.29, 0.717) is 0 Å². The number of fused-ring (bicyclic) bond motifs is 1. The number of alkyl halides is 1. The average molecular weight is 310 g/mol. The molecule has 0 radical (unpaired) electrons. The summed E-state index contributed by atoms with van der Waals surface area (Å²) in [6, 6.07) is 0. The lowest BCUT2D eigenvalue weighted by molar-refractivity contribution is 0.445. The zero-order valence-electron chi connectivity index (χ0n) is 10.4. The quantitative estimate of drug-likeness (QED) is 0.797. The van der Waals surface area contributed by atoms with Gasteiger partial charge in [0.25, 0.3) is 0 Å². The third kappa shape index (κ3) is 1.98. The number of aryl methyl sites for hydroxylation is 1. The Labute approximate surface area is 114 Å². The minimum Gasteiger partial charge on any atom is -0.353 e. The molecule has 0 saturated carbocycles. The van der Waals surface area contributed by atoms with E-state index in [-0.39, 0.29) is 0 Å². The van der Waals surface area contributed by atoms with Crippen molar-refractivity contribution in [2.45, 2.75) is 19.8 Å². The van der Waals surface area contributed by atoms with Crippen LogP contribution in [0.2, 0.25) is 0 Å². The van der Waals surface area contributed by atoms with E-state index in [1.54, 1.807) is 0 Å². The van der Waals surface area contributed by atoms with Crippen molar-refractivity contribution >= 4 is 27.4 Å². The molecule has 5 nitrogen and oxygen atoms in total. The summed E-state index contributed by atoms with van der Waals surface area (Å²) in [5.41, 5.74) is 0.868. The first kappa shape index (κ1) is 11.9. The molecule has 0 N–H and O–H groups in total. The first-order valence-corrected chi connectivity index (χ1v) is 7.39. The molecule has 6 heteroatoms. The number of rotatable bonds is 2. The van der Waals surface area contributed by atoms with E-state index in [1.807, 2.05) is 23.7 Å². The summed E-state index contributed by atoms with van der Waals surface area (Å²) in [7, 11) is 0. The van der Waals surface area contributed by atoms with E-state index < -0.39 is 0 Å². The van der Waals surface area contributed by atoms with Crippen LogP contribution in [0, 0.1) is 12.8 Å².